The number of carbonyl (C=O) groups excluding carboxylic acids is 1. The van der Waals surface area contributed by atoms with E-state index < -0.39 is 5.91 Å². The minimum atomic E-state index is -0.474. The molecule has 0 spiro atoms. The van der Waals surface area contributed by atoms with Gasteiger partial charge < -0.3 is 15.5 Å². The average molecular weight is 166 g/mol. The molecule has 1 aromatic rings. The lowest BCUT2D eigenvalue weighted by atomic mass is 10.0. The summed E-state index contributed by atoms with van der Waals surface area (Å²) in [6, 6.07) is 0. The van der Waals surface area contributed by atoms with E-state index in [0.717, 1.165) is 30.6 Å². The molecule has 0 unspecified atom stereocenters. The Balaban J connectivity index is 2.44. The van der Waals surface area contributed by atoms with Crippen molar-refractivity contribution in [1.29, 1.82) is 0 Å². The second-order valence-electron chi connectivity index (χ2n) is 2.86. The third-order valence-electron chi connectivity index (χ3n) is 2.07. The van der Waals surface area contributed by atoms with Gasteiger partial charge in [-0.15, -0.1) is 0 Å². The SMILES string of the molecule is NC(=O)c1occ2c1CCNC2. The second kappa shape index (κ2) is 2.64. The largest absolute Gasteiger partial charge is 0.459 e. The standard InChI is InChI=1S/C8H10N2O2/c9-8(11)7-6-1-2-10-3-5(6)4-12-7/h4,10H,1-3H2,(H2,9,11). The molecule has 0 radical (unpaired) electrons. The second-order valence-corrected chi connectivity index (χ2v) is 2.86. The maximum absolute atomic E-state index is 10.8. The molecular weight excluding hydrogens is 156 g/mol. The Morgan fingerprint density at radius 2 is 2.50 bits per heavy atom. The number of primary amides is 1. The Morgan fingerprint density at radius 3 is 3.25 bits per heavy atom. The number of furan rings is 1. The third kappa shape index (κ3) is 1.00. The molecule has 2 rings (SSSR count). The number of amides is 1. The zero-order valence-corrected chi connectivity index (χ0v) is 6.59. The van der Waals surface area contributed by atoms with Gasteiger partial charge in [-0.3, -0.25) is 4.79 Å². The number of fused-ring (bicyclic) bond motifs is 1. The van der Waals surface area contributed by atoms with Crippen molar-refractivity contribution in [3.05, 3.63) is 23.2 Å². The van der Waals surface area contributed by atoms with Crippen molar-refractivity contribution in [3.63, 3.8) is 0 Å². The van der Waals surface area contributed by atoms with E-state index in [1.807, 2.05) is 0 Å². The van der Waals surface area contributed by atoms with Gasteiger partial charge in [0.05, 0.1) is 6.26 Å². The molecule has 64 valence electrons. The van der Waals surface area contributed by atoms with Gasteiger partial charge in [0.2, 0.25) is 0 Å². The Labute approximate surface area is 69.7 Å². The van der Waals surface area contributed by atoms with Crippen molar-refractivity contribution in [2.45, 2.75) is 13.0 Å². The monoisotopic (exact) mass is 166 g/mol. The van der Waals surface area contributed by atoms with E-state index >= 15 is 0 Å². The van der Waals surface area contributed by atoms with Crippen molar-refractivity contribution >= 4 is 5.91 Å². The first-order valence-electron chi connectivity index (χ1n) is 3.89. The molecule has 1 aliphatic rings. The lowest BCUT2D eigenvalue weighted by Crippen LogP contribution is -2.24. The highest BCUT2D eigenvalue weighted by molar-refractivity contribution is 5.91. The van der Waals surface area contributed by atoms with Crippen molar-refractivity contribution in [2.75, 3.05) is 6.54 Å². The van der Waals surface area contributed by atoms with Crippen molar-refractivity contribution in [3.8, 4) is 0 Å². The van der Waals surface area contributed by atoms with Gasteiger partial charge >= 0.3 is 0 Å². The van der Waals surface area contributed by atoms with Crippen LogP contribution >= 0.6 is 0 Å². The molecule has 0 aliphatic carbocycles. The summed E-state index contributed by atoms with van der Waals surface area (Å²) >= 11 is 0. The van der Waals surface area contributed by atoms with E-state index in [9.17, 15) is 4.79 Å². The van der Waals surface area contributed by atoms with Crippen LogP contribution < -0.4 is 11.1 Å². The molecule has 0 aromatic carbocycles. The average Bonchev–Trinajstić information content (AvgIpc) is 2.47. The molecular formula is C8H10N2O2. The first-order valence-corrected chi connectivity index (χ1v) is 3.89. The van der Waals surface area contributed by atoms with Gasteiger partial charge in [-0.25, -0.2) is 0 Å². The molecule has 3 N–H and O–H groups in total. The van der Waals surface area contributed by atoms with Crippen molar-refractivity contribution < 1.29 is 9.21 Å². The maximum Gasteiger partial charge on any atom is 0.284 e. The zero-order chi connectivity index (χ0) is 8.55. The molecule has 0 saturated carbocycles. The fraction of sp³-hybridized carbons (Fsp3) is 0.375. The molecule has 1 aliphatic heterocycles. The van der Waals surface area contributed by atoms with Crippen LogP contribution in [0.1, 0.15) is 21.7 Å². The smallest absolute Gasteiger partial charge is 0.284 e. The minimum Gasteiger partial charge on any atom is -0.459 e. The highest BCUT2D eigenvalue weighted by Crippen LogP contribution is 2.19. The van der Waals surface area contributed by atoms with Gasteiger partial charge in [0, 0.05) is 17.7 Å². The van der Waals surface area contributed by atoms with Crippen LogP contribution in [0.2, 0.25) is 0 Å². The molecule has 0 saturated heterocycles. The molecule has 12 heavy (non-hydrogen) atoms. The number of nitrogens with two attached hydrogens (primary N) is 1. The Morgan fingerprint density at radius 1 is 1.67 bits per heavy atom. The zero-order valence-electron chi connectivity index (χ0n) is 6.59. The van der Waals surface area contributed by atoms with Crippen molar-refractivity contribution in [1.82, 2.24) is 5.32 Å². The molecule has 4 nitrogen and oxygen atoms in total. The lowest BCUT2D eigenvalue weighted by molar-refractivity contribution is 0.0972. The summed E-state index contributed by atoms with van der Waals surface area (Å²) in [5, 5.41) is 3.18. The Kier molecular flexibility index (Phi) is 1.62. The molecule has 0 bridgehead atoms. The van der Waals surface area contributed by atoms with Crippen LogP contribution in [0.15, 0.2) is 10.7 Å². The summed E-state index contributed by atoms with van der Waals surface area (Å²) in [5.41, 5.74) is 7.15. The van der Waals surface area contributed by atoms with E-state index in [-0.39, 0.29) is 0 Å². The number of hydrogen-bond acceptors (Lipinski definition) is 3. The van der Waals surface area contributed by atoms with E-state index in [4.69, 9.17) is 10.2 Å². The molecule has 1 amide bonds. The van der Waals surface area contributed by atoms with E-state index in [0.29, 0.717) is 5.76 Å². The van der Waals surface area contributed by atoms with Gasteiger partial charge in [0.15, 0.2) is 5.76 Å². The van der Waals surface area contributed by atoms with Gasteiger partial charge in [0.1, 0.15) is 0 Å². The minimum absolute atomic E-state index is 0.325. The Bertz CT molecular complexity index is 317. The number of hydrogen-bond donors (Lipinski definition) is 2. The van der Waals surface area contributed by atoms with Crippen molar-refractivity contribution in [2.24, 2.45) is 5.73 Å². The number of rotatable bonds is 1. The molecule has 1 aromatic heterocycles. The highest BCUT2D eigenvalue weighted by Gasteiger charge is 2.19. The summed E-state index contributed by atoms with van der Waals surface area (Å²) in [6.45, 7) is 1.65. The summed E-state index contributed by atoms with van der Waals surface area (Å²) in [6.07, 6.45) is 2.42. The summed E-state index contributed by atoms with van der Waals surface area (Å²) in [5.74, 6) is -0.148. The Hall–Kier alpha value is -1.29. The maximum atomic E-state index is 10.8. The molecule has 2 heterocycles. The summed E-state index contributed by atoms with van der Waals surface area (Å²) in [7, 11) is 0. The van der Waals surface area contributed by atoms with Crippen LogP contribution in [0, 0.1) is 0 Å². The van der Waals surface area contributed by atoms with Crippen LogP contribution in [-0.2, 0) is 13.0 Å². The van der Waals surface area contributed by atoms with Crippen LogP contribution in [0.4, 0.5) is 0 Å². The predicted octanol–water partition coefficient (Wildman–Crippen LogP) is 0.0242. The van der Waals surface area contributed by atoms with Crippen LogP contribution in [0.5, 0.6) is 0 Å². The van der Waals surface area contributed by atoms with E-state index in [1.54, 1.807) is 6.26 Å². The van der Waals surface area contributed by atoms with Gasteiger partial charge in [-0.1, -0.05) is 0 Å². The highest BCUT2D eigenvalue weighted by atomic mass is 16.3. The van der Waals surface area contributed by atoms with Gasteiger partial charge in [0.25, 0.3) is 5.91 Å². The fourth-order valence-electron chi connectivity index (χ4n) is 1.48. The van der Waals surface area contributed by atoms with E-state index in [2.05, 4.69) is 5.32 Å². The quantitative estimate of drug-likeness (QED) is 0.618. The van der Waals surface area contributed by atoms with Crippen LogP contribution in [-0.4, -0.2) is 12.5 Å². The first kappa shape index (κ1) is 7.36. The predicted molar refractivity (Wildman–Crippen MR) is 42.6 cm³/mol. The van der Waals surface area contributed by atoms with Crippen LogP contribution in [0.25, 0.3) is 0 Å². The van der Waals surface area contributed by atoms with Gasteiger partial charge in [-0.2, -0.15) is 0 Å². The molecule has 0 fully saturated rings. The summed E-state index contributed by atoms with van der Waals surface area (Å²) < 4.78 is 5.06. The number of nitrogens with one attached hydrogen (secondary N) is 1. The molecule has 4 heteroatoms. The normalized spacial score (nSPS) is 15.7. The molecule has 0 atom stereocenters. The number of carbonyl (C=O) groups is 1. The van der Waals surface area contributed by atoms with E-state index in [1.165, 1.54) is 0 Å². The van der Waals surface area contributed by atoms with Crippen LogP contribution in [0.3, 0.4) is 0 Å². The third-order valence-corrected chi connectivity index (χ3v) is 2.07. The lowest BCUT2D eigenvalue weighted by Gasteiger charge is -2.11. The summed E-state index contributed by atoms with van der Waals surface area (Å²) in [4.78, 5) is 10.8. The first-order chi connectivity index (χ1) is 5.79. The topological polar surface area (TPSA) is 68.3 Å². The fourth-order valence-corrected chi connectivity index (χ4v) is 1.48. The van der Waals surface area contributed by atoms with Gasteiger partial charge in [-0.05, 0) is 13.0 Å².